The molecule has 2 aromatic heterocycles. The Labute approximate surface area is 172 Å². The molecule has 1 fully saturated rings. The highest BCUT2D eigenvalue weighted by Crippen LogP contribution is 2.30. The van der Waals surface area contributed by atoms with E-state index >= 15 is 0 Å². The van der Waals surface area contributed by atoms with Crippen molar-refractivity contribution in [2.45, 2.75) is 55.5 Å². The number of nitrogens with zero attached hydrogens (tertiary/aromatic N) is 2. The standard InChI is InChI=1S/C20H23N5O3S/c1-12(17(26)23-19(27)22-13-7-3-2-4-8-13)29-20-25-24-18(28-20)15-11-21-16-10-6-5-9-14(15)16/h5-6,9-13,21H,2-4,7-8H2,1H3,(H2,22,23,26,27)/t12-/m0/s1. The molecule has 1 aliphatic carbocycles. The minimum absolute atomic E-state index is 0.147. The van der Waals surface area contributed by atoms with Crippen molar-refractivity contribution in [3.8, 4) is 11.5 Å². The first-order valence-electron chi connectivity index (χ1n) is 9.78. The second-order valence-electron chi connectivity index (χ2n) is 7.18. The van der Waals surface area contributed by atoms with Crippen LogP contribution in [-0.4, -0.2) is 38.4 Å². The molecule has 4 rings (SSSR count). The number of urea groups is 1. The molecule has 2 heterocycles. The van der Waals surface area contributed by atoms with E-state index in [4.69, 9.17) is 4.42 Å². The second-order valence-corrected chi connectivity index (χ2v) is 8.47. The molecule has 0 bridgehead atoms. The maximum Gasteiger partial charge on any atom is 0.321 e. The molecule has 3 N–H and O–H groups in total. The minimum Gasteiger partial charge on any atom is -0.411 e. The number of benzene rings is 1. The van der Waals surface area contributed by atoms with Crippen molar-refractivity contribution in [1.82, 2.24) is 25.8 Å². The van der Waals surface area contributed by atoms with E-state index in [1.165, 1.54) is 6.42 Å². The first-order chi connectivity index (χ1) is 14.1. The zero-order valence-corrected chi connectivity index (χ0v) is 16.9. The molecule has 1 saturated carbocycles. The van der Waals surface area contributed by atoms with Crippen molar-refractivity contribution in [1.29, 1.82) is 0 Å². The van der Waals surface area contributed by atoms with Gasteiger partial charge < -0.3 is 14.7 Å². The van der Waals surface area contributed by atoms with E-state index in [0.717, 1.165) is 53.9 Å². The smallest absolute Gasteiger partial charge is 0.321 e. The van der Waals surface area contributed by atoms with Gasteiger partial charge in [0.15, 0.2) is 0 Å². The van der Waals surface area contributed by atoms with E-state index in [2.05, 4.69) is 25.8 Å². The third kappa shape index (κ3) is 4.61. The van der Waals surface area contributed by atoms with Crippen LogP contribution < -0.4 is 10.6 Å². The van der Waals surface area contributed by atoms with Crippen molar-refractivity contribution in [3.63, 3.8) is 0 Å². The zero-order valence-electron chi connectivity index (χ0n) is 16.1. The van der Waals surface area contributed by atoms with Crippen LogP contribution in [0.3, 0.4) is 0 Å². The van der Waals surface area contributed by atoms with Crippen LogP contribution in [0.4, 0.5) is 4.79 Å². The fraction of sp³-hybridized carbons (Fsp3) is 0.400. The van der Waals surface area contributed by atoms with Crippen LogP contribution in [0.25, 0.3) is 22.4 Å². The molecule has 0 unspecified atom stereocenters. The van der Waals surface area contributed by atoms with Crippen molar-refractivity contribution in [2.24, 2.45) is 0 Å². The van der Waals surface area contributed by atoms with E-state index < -0.39 is 17.2 Å². The van der Waals surface area contributed by atoms with Gasteiger partial charge in [-0.2, -0.15) is 0 Å². The lowest BCUT2D eigenvalue weighted by molar-refractivity contribution is -0.119. The van der Waals surface area contributed by atoms with E-state index in [9.17, 15) is 9.59 Å². The number of para-hydroxylation sites is 1. The first kappa shape index (κ1) is 19.5. The highest BCUT2D eigenvalue weighted by molar-refractivity contribution is 8.00. The SMILES string of the molecule is C[C@H](Sc1nnc(-c2c[nH]c3ccccc23)o1)C(=O)NC(=O)NC1CCCCC1. The highest BCUT2D eigenvalue weighted by atomic mass is 32.2. The van der Waals surface area contributed by atoms with E-state index in [1.54, 1.807) is 6.92 Å². The number of amides is 3. The molecular formula is C20H23N5O3S. The summed E-state index contributed by atoms with van der Waals surface area (Å²) in [5, 5.41) is 14.1. The maximum atomic E-state index is 12.3. The number of rotatable bonds is 5. The minimum atomic E-state index is -0.552. The van der Waals surface area contributed by atoms with Crippen molar-refractivity contribution < 1.29 is 14.0 Å². The summed E-state index contributed by atoms with van der Waals surface area (Å²) in [5.41, 5.74) is 1.79. The molecule has 1 aromatic carbocycles. The normalized spacial score (nSPS) is 15.9. The predicted octanol–water partition coefficient (Wildman–Crippen LogP) is 3.86. The summed E-state index contributed by atoms with van der Waals surface area (Å²) in [7, 11) is 0. The topological polar surface area (TPSA) is 113 Å². The van der Waals surface area contributed by atoms with Gasteiger partial charge in [-0.25, -0.2) is 4.79 Å². The number of carbonyl (C=O) groups is 2. The van der Waals surface area contributed by atoms with Gasteiger partial charge in [0.2, 0.25) is 5.91 Å². The Morgan fingerprint density at radius 3 is 2.83 bits per heavy atom. The fourth-order valence-corrected chi connectivity index (χ4v) is 4.18. The fourth-order valence-electron chi connectivity index (χ4n) is 3.50. The zero-order chi connectivity index (χ0) is 20.2. The number of aromatic amines is 1. The Morgan fingerprint density at radius 1 is 1.21 bits per heavy atom. The van der Waals surface area contributed by atoms with Crippen LogP contribution in [0.1, 0.15) is 39.0 Å². The third-order valence-electron chi connectivity index (χ3n) is 5.05. The van der Waals surface area contributed by atoms with E-state index in [-0.39, 0.29) is 11.3 Å². The Balaban J connectivity index is 1.34. The largest absolute Gasteiger partial charge is 0.411 e. The van der Waals surface area contributed by atoms with Gasteiger partial charge in [0, 0.05) is 23.1 Å². The maximum absolute atomic E-state index is 12.3. The molecular weight excluding hydrogens is 390 g/mol. The molecule has 152 valence electrons. The predicted molar refractivity (Wildman–Crippen MR) is 110 cm³/mol. The van der Waals surface area contributed by atoms with Crippen molar-refractivity contribution in [3.05, 3.63) is 30.5 Å². The van der Waals surface area contributed by atoms with Crippen LogP contribution in [0.2, 0.25) is 0 Å². The van der Waals surface area contributed by atoms with Gasteiger partial charge in [-0.1, -0.05) is 49.2 Å². The lowest BCUT2D eigenvalue weighted by Gasteiger charge is -2.22. The summed E-state index contributed by atoms with van der Waals surface area (Å²) in [6.07, 6.45) is 7.17. The molecule has 0 radical (unpaired) electrons. The first-order valence-corrected chi connectivity index (χ1v) is 10.7. The highest BCUT2D eigenvalue weighted by Gasteiger charge is 2.23. The number of carbonyl (C=O) groups excluding carboxylic acids is 2. The summed E-state index contributed by atoms with van der Waals surface area (Å²) in [5.74, 6) is -0.0113. The van der Waals surface area contributed by atoms with Gasteiger partial charge in [0.1, 0.15) is 0 Å². The third-order valence-corrected chi connectivity index (χ3v) is 5.98. The number of imide groups is 1. The Bertz CT molecular complexity index is 1010. The molecule has 0 spiro atoms. The molecule has 0 aliphatic heterocycles. The summed E-state index contributed by atoms with van der Waals surface area (Å²) in [4.78, 5) is 27.5. The second kappa shape index (κ2) is 8.69. The summed E-state index contributed by atoms with van der Waals surface area (Å²) in [6.45, 7) is 1.70. The Morgan fingerprint density at radius 2 is 2.00 bits per heavy atom. The number of fused-ring (bicyclic) bond motifs is 1. The molecule has 0 saturated heterocycles. The number of hydrogen-bond acceptors (Lipinski definition) is 6. The van der Waals surface area contributed by atoms with Crippen LogP contribution in [0.15, 0.2) is 40.1 Å². The van der Waals surface area contributed by atoms with Crippen molar-refractivity contribution >= 4 is 34.6 Å². The molecule has 1 atom stereocenters. The van der Waals surface area contributed by atoms with Crippen LogP contribution in [0.5, 0.6) is 0 Å². The monoisotopic (exact) mass is 413 g/mol. The number of H-pyrrole nitrogens is 1. The molecule has 3 aromatic rings. The van der Waals surface area contributed by atoms with Gasteiger partial charge in [-0.05, 0) is 25.8 Å². The number of nitrogens with one attached hydrogen (secondary N) is 3. The van der Waals surface area contributed by atoms with Gasteiger partial charge >= 0.3 is 6.03 Å². The molecule has 8 nitrogen and oxygen atoms in total. The summed E-state index contributed by atoms with van der Waals surface area (Å²) < 4.78 is 5.72. The van der Waals surface area contributed by atoms with Gasteiger partial charge in [0.05, 0.1) is 10.8 Å². The average molecular weight is 414 g/mol. The number of aromatic nitrogens is 3. The van der Waals surface area contributed by atoms with Crippen molar-refractivity contribution in [2.75, 3.05) is 0 Å². The quantitative estimate of drug-likeness (QED) is 0.548. The summed E-state index contributed by atoms with van der Waals surface area (Å²) in [6, 6.07) is 7.53. The molecule has 29 heavy (non-hydrogen) atoms. The lowest BCUT2D eigenvalue weighted by Crippen LogP contribution is -2.47. The lowest BCUT2D eigenvalue weighted by atomic mass is 9.96. The molecule has 9 heteroatoms. The van der Waals surface area contributed by atoms with Gasteiger partial charge in [-0.15, -0.1) is 10.2 Å². The Kier molecular flexibility index (Phi) is 5.84. The Hall–Kier alpha value is -2.81. The number of hydrogen-bond donors (Lipinski definition) is 3. The van der Waals surface area contributed by atoms with Gasteiger partial charge in [-0.3, -0.25) is 10.1 Å². The molecule has 3 amide bonds. The van der Waals surface area contributed by atoms with Gasteiger partial charge in [0.25, 0.3) is 11.1 Å². The summed E-state index contributed by atoms with van der Waals surface area (Å²) >= 11 is 1.12. The van der Waals surface area contributed by atoms with E-state index in [1.807, 2.05) is 30.5 Å². The van der Waals surface area contributed by atoms with Crippen LogP contribution >= 0.6 is 11.8 Å². The van der Waals surface area contributed by atoms with Crippen LogP contribution in [-0.2, 0) is 4.79 Å². The van der Waals surface area contributed by atoms with Crippen LogP contribution in [0, 0.1) is 0 Å². The van der Waals surface area contributed by atoms with E-state index in [0.29, 0.717) is 5.89 Å². The number of thioether (sulfide) groups is 1. The molecule has 1 aliphatic rings. The average Bonchev–Trinajstić information content (AvgIpc) is 3.35.